The first-order valence-electron chi connectivity index (χ1n) is 9.62. The smallest absolute Gasteiger partial charge is 0.257 e. The van der Waals surface area contributed by atoms with Gasteiger partial charge in [-0.3, -0.25) is 4.79 Å². The van der Waals surface area contributed by atoms with Gasteiger partial charge in [0.25, 0.3) is 5.91 Å². The third kappa shape index (κ3) is 4.30. The number of hydrogen-bond acceptors (Lipinski definition) is 5. The predicted molar refractivity (Wildman–Crippen MR) is 99.5 cm³/mol. The van der Waals surface area contributed by atoms with Crippen LogP contribution in [0.1, 0.15) is 36.0 Å². The van der Waals surface area contributed by atoms with Crippen LogP contribution in [0.5, 0.6) is 11.5 Å². The molecule has 1 aromatic carbocycles. The summed E-state index contributed by atoms with van der Waals surface area (Å²) in [6.07, 6.45) is 5.07. The summed E-state index contributed by atoms with van der Waals surface area (Å²) in [6, 6.07) is 4.75. The standard InChI is InChI=1S/C20H30N2O4/c1-26-17-6-7-18(19(24)10-17)20(25)22-12-15(16(13-22)14-23)11-21-8-4-2-3-5-9-21/h6-7,10,15-16,23-24H,2-5,8-9,11-14H2,1H3/t15-,16-/m0/s1. The lowest BCUT2D eigenvalue weighted by Gasteiger charge is -2.26. The minimum absolute atomic E-state index is 0.0640. The van der Waals surface area contributed by atoms with Gasteiger partial charge in [-0.2, -0.15) is 0 Å². The number of hydrogen-bond donors (Lipinski definition) is 2. The molecule has 1 aromatic rings. The van der Waals surface area contributed by atoms with Crippen LogP contribution < -0.4 is 4.74 Å². The zero-order valence-corrected chi connectivity index (χ0v) is 15.6. The lowest BCUT2D eigenvalue weighted by atomic mass is 9.96. The van der Waals surface area contributed by atoms with Crippen LogP contribution >= 0.6 is 0 Å². The molecule has 0 aromatic heterocycles. The molecule has 2 heterocycles. The summed E-state index contributed by atoms with van der Waals surface area (Å²) in [4.78, 5) is 17.1. The minimum atomic E-state index is -0.179. The van der Waals surface area contributed by atoms with Gasteiger partial charge in [-0.15, -0.1) is 0 Å². The summed E-state index contributed by atoms with van der Waals surface area (Å²) in [5.41, 5.74) is 0.290. The number of amides is 1. The Balaban J connectivity index is 1.66. The molecule has 0 saturated carbocycles. The molecule has 2 fully saturated rings. The summed E-state index contributed by atoms with van der Waals surface area (Å²) in [7, 11) is 1.52. The number of benzene rings is 1. The zero-order chi connectivity index (χ0) is 18.5. The molecule has 0 spiro atoms. The second kappa shape index (κ2) is 8.73. The number of aromatic hydroxyl groups is 1. The first-order valence-corrected chi connectivity index (χ1v) is 9.62. The van der Waals surface area contributed by atoms with Crippen LogP contribution in [0.2, 0.25) is 0 Å². The van der Waals surface area contributed by atoms with Crippen molar-refractivity contribution in [3.8, 4) is 11.5 Å². The van der Waals surface area contributed by atoms with Crippen LogP contribution in [-0.2, 0) is 0 Å². The summed E-state index contributed by atoms with van der Waals surface area (Å²) in [5.74, 6) is 0.658. The second-order valence-corrected chi connectivity index (χ2v) is 7.51. The minimum Gasteiger partial charge on any atom is -0.507 e. The fourth-order valence-electron chi connectivity index (χ4n) is 4.16. The summed E-state index contributed by atoms with van der Waals surface area (Å²) in [6.45, 7) is 4.43. The molecule has 0 aliphatic carbocycles. The molecule has 2 atom stereocenters. The van der Waals surface area contributed by atoms with E-state index in [-0.39, 0.29) is 35.7 Å². The van der Waals surface area contributed by atoms with Gasteiger partial charge >= 0.3 is 0 Å². The molecule has 2 N–H and O–H groups in total. The molecule has 6 nitrogen and oxygen atoms in total. The van der Waals surface area contributed by atoms with E-state index in [4.69, 9.17) is 4.74 Å². The summed E-state index contributed by atoms with van der Waals surface area (Å²) >= 11 is 0. The number of carbonyl (C=O) groups is 1. The number of ether oxygens (including phenoxy) is 1. The van der Waals surface area contributed by atoms with Crippen molar-refractivity contribution in [2.45, 2.75) is 25.7 Å². The highest BCUT2D eigenvalue weighted by molar-refractivity contribution is 5.97. The van der Waals surface area contributed by atoms with Gasteiger partial charge in [-0.05, 0) is 44.0 Å². The molecule has 1 amide bonds. The Morgan fingerprint density at radius 3 is 2.46 bits per heavy atom. The van der Waals surface area contributed by atoms with E-state index < -0.39 is 0 Å². The summed E-state index contributed by atoms with van der Waals surface area (Å²) < 4.78 is 5.08. The summed E-state index contributed by atoms with van der Waals surface area (Å²) in [5, 5.41) is 19.9. The van der Waals surface area contributed by atoms with Crippen molar-refractivity contribution in [3.63, 3.8) is 0 Å². The molecule has 6 heteroatoms. The monoisotopic (exact) mass is 362 g/mol. The first kappa shape index (κ1) is 19.0. The van der Waals surface area contributed by atoms with Crippen LogP contribution in [-0.4, -0.2) is 72.4 Å². The second-order valence-electron chi connectivity index (χ2n) is 7.51. The number of rotatable bonds is 5. The van der Waals surface area contributed by atoms with Crippen molar-refractivity contribution in [2.75, 3.05) is 46.4 Å². The lowest BCUT2D eigenvalue weighted by Crippen LogP contribution is -2.35. The fourth-order valence-corrected chi connectivity index (χ4v) is 4.16. The number of aliphatic hydroxyl groups is 1. The van der Waals surface area contributed by atoms with Gasteiger partial charge in [-0.1, -0.05) is 12.8 Å². The van der Waals surface area contributed by atoms with Crippen molar-refractivity contribution >= 4 is 5.91 Å². The Morgan fingerprint density at radius 2 is 1.85 bits per heavy atom. The lowest BCUT2D eigenvalue weighted by molar-refractivity contribution is 0.0776. The van der Waals surface area contributed by atoms with E-state index in [1.165, 1.54) is 38.9 Å². The van der Waals surface area contributed by atoms with Crippen molar-refractivity contribution in [3.05, 3.63) is 23.8 Å². The van der Waals surface area contributed by atoms with E-state index >= 15 is 0 Å². The molecular weight excluding hydrogens is 332 g/mol. The first-order chi connectivity index (χ1) is 12.6. The van der Waals surface area contributed by atoms with E-state index in [1.54, 1.807) is 17.0 Å². The van der Waals surface area contributed by atoms with Crippen LogP contribution in [0.3, 0.4) is 0 Å². The number of carbonyl (C=O) groups excluding carboxylic acids is 1. The number of phenols is 1. The van der Waals surface area contributed by atoms with Gasteiger partial charge < -0.3 is 24.7 Å². The molecule has 26 heavy (non-hydrogen) atoms. The highest BCUT2D eigenvalue weighted by Gasteiger charge is 2.36. The van der Waals surface area contributed by atoms with Gasteiger partial charge in [0.2, 0.25) is 0 Å². The van der Waals surface area contributed by atoms with Crippen molar-refractivity contribution < 1.29 is 19.7 Å². The maximum absolute atomic E-state index is 12.9. The molecule has 2 aliphatic rings. The van der Waals surface area contributed by atoms with Crippen molar-refractivity contribution in [1.29, 1.82) is 0 Å². The van der Waals surface area contributed by atoms with Gasteiger partial charge in [0.1, 0.15) is 11.5 Å². The Kier molecular flexibility index (Phi) is 6.38. The fraction of sp³-hybridized carbons (Fsp3) is 0.650. The highest BCUT2D eigenvalue weighted by Crippen LogP contribution is 2.30. The van der Waals surface area contributed by atoms with Gasteiger partial charge in [0, 0.05) is 38.2 Å². The molecular formula is C20H30N2O4. The predicted octanol–water partition coefficient (Wildman–Crippen LogP) is 1.96. The molecule has 0 radical (unpaired) electrons. The topological polar surface area (TPSA) is 73.2 Å². The molecule has 144 valence electrons. The van der Waals surface area contributed by atoms with E-state index in [9.17, 15) is 15.0 Å². The van der Waals surface area contributed by atoms with Gasteiger partial charge in [0.15, 0.2) is 0 Å². The van der Waals surface area contributed by atoms with Crippen molar-refractivity contribution in [1.82, 2.24) is 9.80 Å². The molecule has 0 unspecified atom stereocenters. The van der Waals surface area contributed by atoms with Gasteiger partial charge in [-0.25, -0.2) is 0 Å². The largest absolute Gasteiger partial charge is 0.507 e. The number of aliphatic hydroxyl groups excluding tert-OH is 1. The molecule has 3 rings (SSSR count). The maximum Gasteiger partial charge on any atom is 0.257 e. The van der Waals surface area contributed by atoms with Crippen LogP contribution in [0.15, 0.2) is 18.2 Å². The van der Waals surface area contributed by atoms with Crippen LogP contribution in [0.25, 0.3) is 0 Å². The Hall–Kier alpha value is -1.79. The van der Waals surface area contributed by atoms with Gasteiger partial charge in [0.05, 0.1) is 12.7 Å². The number of methoxy groups -OCH3 is 1. The molecule has 2 saturated heterocycles. The van der Waals surface area contributed by atoms with Crippen LogP contribution in [0, 0.1) is 11.8 Å². The van der Waals surface area contributed by atoms with Crippen LogP contribution in [0.4, 0.5) is 0 Å². The number of likely N-dealkylation sites (tertiary alicyclic amines) is 2. The quantitative estimate of drug-likeness (QED) is 0.838. The zero-order valence-electron chi connectivity index (χ0n) is 15.6. The van der Waals surface area contributed by atoms with E-state index in [1.807, 2.05) is 0 Å². The maximum atomic E-state index is 12.9. The van der Waals surface area contributed by atoms with Crippen molar-refractivity contribution in [2.24, 2.45) is 11.8 Å². The van der Waals surface area contributed by atoms with E-state index in [2.05, 4.69) is 4.90 Å². The SMILES string of the molecule is COc1ccc(C(=O)N2C[C@@H](CO)[C@@H](CN3CCCCCC3)C2)c(O)c1. The third-order valence-corrected chi connectivity index (χ3v) is 5.72. The van der Waals surface area contributed by atoms with E-state index in [0.717, 1.165) is 19.6 Å². The number of nitrogens with zero attached hydrogens (tertiary/aromatic N) is 2. The third-order valence-electron chi connectivity index (χ3n) is 5.72. The Labute approximate surface area is 155 Å². The molecule has 0 bridgehead atoms. The Bertz CT molecular complexity index is 614. The normalized spacial score (nSPS) is 24.5. The molecule has 2 aliphatic heterocycles. The average Bonchev–Trinajstić information content (AvgIpc) is 2.87. The highest BCUT2D eigenvalue weighted by atomic mass is 16.5. The Morgan fingerprint density at radius 1 is 1.15 bits per heavy atom. The van der Waals surface area contributed by atoms with E-state index in [0.29, 0.717) is 18.8 Å². The number of phenolic OH excluding ortho intramolecular Hbond substituents is 1. The average molecular weight is 362 g/mol.